The molecule has 2 aliphatic heterocycles. The van der Waals surface area contributed by atoms with Crippen molar-refractivity contribution in [3.8, 4) is 0 Å². The molecule has 1 aromatic heterocycles. The van der Waals surface area contributed by atoms with Gasteiger partial charge in [0.1, 0.15) is 6.04 Å². The molecule has 0 aliphatic carbocycles. The predicted molar refractivity (Wildman–Crippen MR) is 179 cm³/mol. The number of nitrogens with zero attached hydrogens (tertiary/aromatic N) is 2. The van der Waals surface area contributed by atoms with Crippen LogP contribution in [-0.2, 0) is 22.6 Å². The molecule has 6 rings (SSSR count). The summed E-state index contributed by atoms with van der Waals surface area (Å²) in [5, 5.41) is 3.88. The monoisotopic (exact) mass is 679 g/mol. The lowest BCUT2D eigenvalue weighted by molar-refractivity contribution is -0.134. The number of halogens is 3. The molecule has 4 aromatic rings. The van der Waals surface area contributed by atoms with Crippen molar-refractivity contribution in [3.63, 3.8) is 0 Å². The van der Waals surface area contributed by atoms with E-state index < -0.39 is 17.4 Å². The zero-order valence-corrected chi connectivity index (χ0v) is 27.2. The van der Waals surface area contributed by atoms with Crippen molar-refractivity contribution in [1.29, 1.82) is 0 Å². The van der Waals surface area contributed by atoms with Gasteiger partial charge in [0.15, 0.2) is 16.8 Å². The number of fused-ring (bicyclic) bond motifs is 1. The summed E-state index contributed by atoms with van der Waals surface area (Å²) in [5.74, 6) is -0.766. The second-order valence-corrected chi connectivity index (χ2v) is 13.1. The number of hydrogen-bond acceptors (Lipinski definition) is 5. The Balaban J connectivity index is 1.19. The average Bonchev–Trinajstić information content (AvgIpc) is 3.45. The van der Waals surface area contributed by atoms with Crippen molar-refractivity contribution in [2.24, 2.45) is 0 Å². The van der Waals surface area contributed by atoms with Crippen LogP contribution in [0.1, 0.15) is 58.8 Å². The summed E-state index contributed by atoms with van der Waals surface area (Å²) in [7, 11) is 0. The fourth-order valence-electron chi connectivity index (χ4n) is 6.37. The lowest BCUT2D eigenvalue weighted by atomic mass is 9.86. The summed E-state index contributed by atoms with van der Waals surface area (Å²) in [5.41, 5.74) is 2.73. The standard InChI is InChI=1S/C35H32Cl3N3O5/c36-24-9-7-21(8-10-24)16-29(39-34(44)31-19-30(42)27-17-25(37)18-28(38)33(27)46-31)35(45)40-14-11-22(12-15-40)26-5-2-1-4-23(26)20-41-13-3-6-32(41)43/h1-2,4-5,7-10,17-19,22,29H,3,6,11-16,20H2,(H,39,44)/t29-/m0/s1. The van der Waals surface area contributed by atoms with Gasteiger partial charge in [-0.15, -0.1) is 0 Å². The third kappa shape index (κ3) is 7.09. The van der Waals surface area contributed by atoms with Crippen molar-refractivity contribution < 1.29 is 18.8 Å². The van der Waals surface area contributed by atoms with Gasteiger partial charge in [-0.25, -0.2) is 0 Å². The van der Waals surface area contributed by atoms with E-state index >= 15 is 0 Å². The predicted octanol–water partition coefficient (Wildman–Crippen LogP) is 6.62. The van der Waals surface area contributed by atoms with Gasteiger partial charge >= 0.3 is 0 Å². The van der Waals surface area contributed by atoms with Gasteiger partial charge in [-0.3, -0.25) is 19.2 Å². The highest BCUT2D eigenvalue weighted by molar-refractivity contribution is 6.38. The second-order valence-electron chi connectivity index (χ2n) is 11.8. The number of likely N-dealkylation sites (tertiary alicyclic amines) is 2. The Hall–Kier alpha value is -3.85. The van der Waals surface area contributed by atoms with Crippen LogP contribution in [0.15, 0.2) is 75.9 Å². The zero-order chi connectivity index (χ0) is 32.4. The third-order valence-electron chi connectivity index (χ3n) is 8.76. The van der Waals surface area contributed by atoms with Crippen LogP contribution in [-0.4, -0.2) is 53.2 Å². The van der Waals surface area contributed by atoms with Crippen LogP contribution in [0.5, 0.6) is 0 Å². The van der Waals surface area contributed by atoms with Gasteiger partial charge in [-0.1, -0.05) is 71.2 Å². The Morgan fingerprint density at radius 2 is 1.65 bits per heavy atom. The van der Waals surface area contributed by atoms with E-state index in [2.05, 4.69) is 17.4 Å². The van der Waals surface area contributed by atoms with E-state index in [4.69, 9.17) is 39.2 Å². The van der Waals surface area contributed by atoms with Crippen molar-refractivity contribution in [3.05, 3.63) is 114 Å². The van der Waals surface area contributed by atoms with E-state index in [9.17, 15) is 19.2 Å². The van der Waals surface area contributed by atoms with Crippen LogP contribution in [0.25, 0.3) is 11.0 Å². The molecule has 1 atom stereocenters. The molecular weight excluding hydrogens is 649 g/mol. The summed E-state index contributed by atoms with van der Waals surface area (Å²) in [4.78, 5) is 56.3. The van der Waals surface area contributed by atoms with Gasteiger partial charge in [-0.05, 0) is 66.1 Å². The summed E-state index contributed by atoms with van der Waals surface area (Å²) >= 11 is 18.4. The van der Waals surface area contributed by atoms with Crippen LogP contribution >= 0.6 is 34.8 Å². The topological polar surface area (TPSA) is 99.9 Å². The van der Waals surface area contributed by atoms with E-state index in [1.54, 1.807) is 17.0 Å². The first-order valence-electron chi connectivity index (χ1n) is 15.3. The maximum atomic E-state index is 14.0. The quantitative estimate of drug-likeness (QED) is 0.226. The van der Waals surface area contributed by atoms with Crippen molar-refractivity contribution in [2.45, 2.75) is 50.6 Å². The van der Waals surface area contributed by atoms with Crippen molar-refractivity contribution in [1.82, 2.24) is 15.1 Å². The molecule has 2 fully saturated rings. The second kappa shape index (κ2) is 13.9. The SMILES string of the molecule is O=C(N[C@@H](Cc1ccc(Cl)cc1)C(=O)N1CCC(c2ccccc2CN2CCCC2=O)CC1)c1cc(=O)c2cc(Cl)cc(Cl)c2o1. The molecule has 8 nitrogen and oxygen atoms in total. The van der Waals surface area contributed by atoms with E-state index in [1.165, 1.54) is 17.7 Å². The summed E-state index contributed by atoms with van der Waals surface area (Å²) in [6.45, 7) is 2.40. The van der Waals surface area contributed by atoms with Crippen LogP contribution in [0, 0.1) is 0 Å². The molecule has 3 amide bonds. The maximum absolute atomic E-state index is 14.0. The van der Waals surface area contributed by atoms with E-state index in [0.29, 0.717) is 31.1 Å². The molecule has 0 radical (unpaired) electrons. The lowest BCUT2D eigenvalue weighted by Gasteiger charge is -2.35. The van der Waals surface area contributed by atoms with Crippen LogP contribution in [0.4, 0.5) is 0 Å². The normalized spacial score (nSPS) is 16.2. The zero-order valence-electron chi connectivity index (χ0n) is 24.9. The molecule has 2 saturated heterocycles. The van der Waals surface area contributed by atoms with Crippen LogP contribution in [0.3, 0.4) is 0 Å². The first-order valence-corrected chi connectivity index (χ1v) is 16.4. The third-order valence-corrected chi connectivity index (χ3v) is 9.51. The maximum Gasteiger partial charge on any atom is 0.287 e. The van der Waals surface area contributed by atoms with Gasteiger partial charge in [0, 0.05) is 55.1 Å². The number of piperidine rings is 1. The Morgan fingerprint density at radius 1 is 0.913 bits per heavy atom. The van der Waals surface area contributed by atoms with E-state index in [-0.39, 0.29) is 50.9 Å². The minimum absolute atomic E-state index is 0.0424. The van der Waals surface area contributed by atoms with Crippen LogP contribution < -0.4 is 10.7 Å². The van der Waals surface area contributed by atoms with E-state index in [1.807, 2.05) is 29.2 Å². The number of hydrogen-bond donors (Lipinski definition) is 1. The number of rotatable bonds is 8. The highest BCUT2D eigenvalue weighted by Crippen LogP contribution is 2.32. The Bertz CT molecular complexity index is 1850. The number of nitrogens with one attached hydrogen (secondary N) is 1. The molecular formula is C35H32Cl3N3O5. The molecule has 0 bridgehead atoms. The molecule has 46 heavy (non-hydrogen) atoms. The van der Waals surface area contributed by atoms with Gasteiger partial charge in [0.2, 0.25) is 11.8 Å². The molecule has 2 aliphatic rings. The Morgan fingerprint density at radius 3 is 2.37 bits per heavy atom. The number of carbonyl (C=O) groups is 3. The largest absolute Gasteiger partial charge is 0.449 e. The van der Waals surface area contributed by atoms with Gasteiger partial charge in [0.25, 0.3) is 5.91 Å². The number of carbonyl (C=O) groups excluding carboxylic acids is 3. The highest BCUT2D eigenvalue weighted by Gasteiger charge is 2.32. The lowest BCUT2D eigenvalue weighted by Crippen LogP contribution is -2.51. The first kappa shape index (κ1) is 32.1. The van der Waals surface area contributed by atoms with E-state index in [0.717, 1.165) is 43.0 Å². The summed E-state index contributed by atoms with van der Waals surface area (Å²) in [6.07, 6.45) is 3.21. The summed E-state index contributed by atoms with van der Waals surface area (Å²) < 4.78 is 5.74. The molecule has 0 spiro atoms. The molecule has 238 valence electrons. The molecule has 3 heterocycles. The first-order chi connectivity index (χ1) is 22.2. The molecule has 3 aromatic carbocycles. The molecule has 1 N–H and O–H groups in total. The fourth-order valence-corrected chi connectivity index (χ4v) is 7.02. The average molecular weight is 681 g/mol. The van der Waals surface area contributed by atoms with Crippen LogP contribution in [0.2, 0.25) is 15.1 Å². The van der Waals surface area contributed by atoms with Gasteiger partial charge in [0.05, 0.1) is 10.4 Å². The van der Waals surface area contributed by atoms with Crippen molar-refractivity contribution >= 4 is 63.5 Å². The minimum atomic E-state index is -0.930. The Labute approximate surface area is 281 Å². The Kier molecular flexibility index (Phi) is 9.68. The van der Waals surface area contributed by atoms with Crippen molar-refractivity contribution in [2.75, 3.05) is 19.6 Å². The smallest absolute Gasteiger partial charge is 0.287 e. The number of benzene rings is 3. The summed E-state index contributed by atoms with van der Waals surface area (Å²) in [6, 6.07) is 18.3. The molecule has 0 unspecified atom stereocenters. The molecule has 0 saturated carbocycles. The van der Waals surface area contributed by atoms with Gasteiger partial charge in [-0.2, -0.15) is 0 Å². The molecule has 11 heteroatoms. The number of amides is 3. The minimum Gasteiger partial charge on any atom is -0.449 e. The fraction of sp³-hybridized carbons (Fsp3) is 0.314. The van der Waals surface area contributed by atoms with Gasteiger partial charge < -0.3 is 19.5 Å². The highest BCUT2D eigenvalue weighted by atomic mass is 35.5.